The minimum Gasteiger partial charge on any atom is -0.309 e. The second-order valence-electron chi connectivity index (χ2n) is 4.42. The van der Waals surface area contributed by atoms with Crippen LogP contribution in [0.3, 0.4) is 0 Å². The molecule has 0 unspecified atom stereocenters. The minimum atomic E-state index is -2.88. The van der Waals surface area contributed by atoms with Crippen molar-refractivity contribution >= 4 is 25.8 Å². The Hall–Kier alpha value is -0.390. The van der Waals surface area contributed by atoms with Crippen molar-refractivity contribution in [1.82, 2.24) is 5.32 Å². The molecule has 0 bridgehead atoms. The van der Waals surface area contributed by atoms with Crippen LogP contribution < -0.4 is 5.32 Å². The molecule has 0 aliphatic heterocycles. The molecule has 1 N–H and O–H groups in total. The van der Waals surface area contributed by atoms with E-state index in [2.05, 4.69) is 27.3 Å². The maximum absolute atomic E-state index is 11.4. The summed E-state index contributed by atoms with van der Waals surface area (Å²) in [4.78, 5) is 0. The minimum absolute atomic E-state index is 0.156. The summed E-state index contributed by atoms with van der Waals surface area (Å²) in [6.07, 6.45) is 0. The molecule has 0 radical (unpaired) electrons. The zero-order valence-electron chi connectivity index (χ0n) is 11.0. The van der Waals surface area contributed by atoms with E-state index in [-0.39, 0.29) is 17.5 Å². The number of rotatable bonds is 6. The van der Waals surface area contributed by atoms with E-state index in [0.29, 0.717) is 6.54 Å². The summed E-state index contributed by atoms with van der Waals surface area (Å²) in [5.74, 6) is 0.407. The number of sulfone groups is 1. The molecular formula is C13H20BrNO2S. The molecule has 1 aromatic carbocycles. The first-order chi connectivity index (χ1) is 8.35. The Labute approximate surface area is 118 Å². The van der Waals surface area contributed by atoms with Crippen LogP contribution in [-0.2, 0) is 9.84 Å². The van der Waals surface area contributed by atoms with Gasteiger partial charge in [0.05, 0.1) is 5.75 Å². The summed E-state index contributed by atoms with van der Waals surface area (Å²) in [7, 11) is -2.88. The lowest BCUT2D eigenvalue weighted by molar-refractivity contribution is 0.573. The number of hydrogen-bond acceptors (Lipinski definition) is 3. The van der Waals surface area contributed by atoms with Crippen LogP contribution in [0, 0.1) is 6.92 Å². The quantitative estimate of drug-likeness (QED) is 0.870. The van der Waals surface area contributed by atoms with Gasteiger partial charge in [-0.05, 0) is 31.0 Å². The summed E-state index contributed by atoms with van der Waals surface area (Å²) in [6, 6.07) is 6.33. The summed E-state index contributed by atoms with van der Waals surface area (Å²) >= 11 is 3.47. The molecule has 0 aromatic heterocycles. The van der Waals surface area contributed by atoms with E-state index in [4.69, 9.17) is 0 Å². The van der Waals surface area contributed by atoms with E-state index in [1.54, 1.807) is 6.92 Å². The van der Waals surface area contributed by atoms with Crippen molar-refractivity contribution in [2.45, 2.75) is 26.8 Å². The third kappa shape index (κ3) is 4.71. The molecule has 0 saturated carbocycles. The zero-order valence-corrected chi connectivity index (χ0v) is 13.4. The maximum Gasteiger partial charge on any atom is 0.151 e. The van der Waals surface area contributed by atoms with E-state index in [1.807, 2.05) is 26.0 Å². The molecule has 18 heavy (non-hydrogen) atoms. The number of hydrogen-bond donors (Lipinski definition) is 1. The molecule has 0 fully saturated rings. The number of benzene rings is 1. The van der Waals surface area contributed by atoms with Crippen molar-refractivity contribution in [3.05, 3.63) is 33.8 Å². The maximum atomic E-state index is 11.4. The second-order valence-corrected chi connectivity index (χ2v) is 7.75. The van der Waals surface area contributed by atoms with Crippen molar-refractivity contribution in [1.29, 1.82) is 0 Å². The number of halogens is 1. The van der Waals surface area contributed by atoms with Crippen LogP contribution in [0.4, 0.5) is 0 Å². The Kier molecular flexibility index (Phi) is 5.82. The number of nitrogens with one attached hydrogen (secondary N) is 1. The molecule has 0 saturated heterocycles. The lowest BCUT2D eigenvalue weighted by Gasteiger charge is -2.15. The predicted molar refractivity (Wildman–Crippen MR) is 79.6 cm³/mol. The van der Waals surface area contributed by atoms with Gasteiger partial charge in [-0.15, -0.1) is 0 Å². The zero-order chi connectivity index (χ0) is 13.8. The fourth-order valence-corrected chi connectivity index (χ4v) is 2.59. The van der Waals surface area contributed by atoms with Crippen LogP contribution in [0.15, 0.2) is 22.7 Å². The third-order valence-corrected chi connectivity index (χ3v) is 5.58. The first-order valence-corrected chi connectivity index (χ1v) is 8.67. The molecule has 1 atom stereocenters. The summed E-state index contributed by atoms with van der Waals surface area (Å²) in [6.45, 7) is 6.26. The van der Waals surface area contributed by atoms with E-state index >= 15 is 0 Å². The highest BCUT2D eigenvalue weighted by Gasteiger charge is 2.10. The van der Waals surface area contributed by atoms with Gasteiger partial charge in [-0.2, -0.15) is 0 Å². The van der Waals surface area contributed by atoms with Gasteiger partial charge in [-0.25, -0.2) is 8.42 Å². The lowest BCUT2D eigenvalue weighted by Crippen LogP contribution is -2.26. The molecule has 0 amide bonds. The van der Waals surface area contributed by atoms with Crippen molar-refractivity contribution in [3.63, 3.8) is 0 Å². The molecule has 1 rings (SSSR count). The Morgan fingerprint density at radius 3 is 2.61 bits per heavy atom. The van der Waals surface area contributed by atoms with Crippen LogP contribution in [-0.4, -0.2) is 26.5 Å². The second kappa shape index (κ2) is 6.68. The lowest BCUT2D eigenvalue weighted by atomic mass is 10.1. The van der Waals surface area contributed by atoms with Gasteiger partial charge in [-0.1, -0.05) is 35.0 Å². The predicted octanol–water partition coefficient (Wildman–Crippen LogP) is 2.84. The topological polar surface area (TPSA) is 46.2 Å². The van der Waals surface area contributed by atoms with Gasteiger partial charge >= 0.3 is 0 Å². The van der Waals surface area contributed by atoms with Crippen LogP contribution in [0.1, 0.15) is 31.0 Å². The molecule has 102 valence electrons. The SMILES string of the molecule is CCS(=O)(=O)CCN[C@H](C)c1ccc(Br)c(C)c1. The van der Waals surface area contributed by atoms with E-state index in [1.165, 1.54) is 11.1 Å². The highest BCUT2D eigenvalue weighted by molar-refractivity contribution is 9.10. The third-order valence-electron chi connectivity index (χ3n) is 2.99. The van der Waals surface area contributed by atoms with Gasteiger partial charge in [0.15, 0.2) is 9.84 Å². The molecule has 0 spiro atoms. The molecule has 0 aliphatic carbocycles. The average molecular weight is 334 g/mol. The number of aryl methyl sites for hydroxylation is 1. The molecule has 5 heteroatoms. The van der Waals surface area contributed by atoms with Gasteiger partial charge in [0.2, 0.25) is 0 Å². The smallest absolute Gasteiger partial charge is 0.151 e. The fraction of sp³-hybridized carbons (Fsp3) is 0.538. The summed E-state index contributed by atoms with van der Waals surface area (Å²) in [5.41, 5.74) is 2.35. The highest BCUT2D eigenvalue weighted by Crippen LogP contribution is 2.20. The van der Waals surface area contributed by atoms with Crippen LogP contribution in [0.25, 0.3) is 0 Å². The normalized spacial score (nSPS) is 13.6. The van der Waals surface area contributed by atoms with E-state index in [0.717, 1.165) is 4.47 Å². The van der Waals surface area contributed by atoms with E-state index < -0.39 is 9.84 Å². The summed E-state index contributed by atoms with van der Waals surface area (Å²) < 4.78 is 23.8. The Morgan fingerprint density at radius 2 is 2.06 bits per heavy atom. The van der Waals surface area contributed by atoms with Crippen molar-refractivity contribution in [3.8, 4) is 0 Å². The van der Waals surface area contributed by atoms with Gasteiger partial charge in [0.25, 0.3) is 0 Å². The Bertz CT molecular complexity index is 500. The summed E-state index contributed by atoms with van der Waals surface area (Å²) in [5, 5.41) is 3.24. The van der Waals surface area contributed by atoms with E-state index in [9.17, 15) is 8.42 Å². The van der Waals surface area contributed by atoms with Crippen LogP contribution in [0.2, 0.25) is 0 Å². The molecule has 0 aliphatic rings. The monoisotopic (exact) mass is 333 g/mol. The largest absolute Gasteiger partial charge is 0.309 e. The standard InChI is InChI=1S/C13H20BrNO2S/c1-4-18(16,17)8-7-15-11(3)12-5-6-13(14)10(2)9-12/h5-6,9,11,15H,4,7-8H2,1-3H3/t11-/m1/s1. The first kappa shape index (κ1) is 15.7. The molecular weight excluding hydrogens is 314 g/mol. The Morgan fingerprint density at radius 1 is 1.39 bits per heavy atom. The van der Waals surface area contributed by atoms with Crippen molar-refractivity contribution < 1.29 is 8.42 Å². The molecule has 0 heterocycles. The Balaban J connectivity index is 2.55. The average Bonchev–Trinajstić information content (AvgIpc) is 2.32. The van der Waals surface area contributed by atoms with Crippen molar-refractivity contribution in [2.24, 2.45) is 0 Å². The van der Waals surface area contributed by atoms with Gasteiger partial charge in [0.1, 0.15) is 0 Å². The molecule has 1 aromatic rings. The molecule has 3 nitrogen and oxygen atoms in total. The van der Waals surface area contributed by atoms with Crippen molar-refractivity contribution in [2.75, 3.05) is 18.1 Å². The highest BCUT2D eigenvalue weighted by atomic mass is 79.9. The first-order valence-electron chi connectivity index (χ1n) is 6.05. The van der Waals surface area contributed by atoms with Crippen LogP contribution in [0.5, 0.6) is 0 Å². The van der Waals surface area contributed by atoms with Gasteiger partial charge < -0.3 is 5.32 Å². The van der Waals surface area contributed by atoms with Crippen LogP contribution >= 0.6 is 15.9 Å². The fourth-order valence-electron chi connectivity index (χ4n) is 1.63. The van der Waals surface area contributed by atoms with Gasteiger partial charge in [0, 0.05) is 22.8 Å². The van der Waals surface area contributed by atoms with Gasteiger partial charge in [-0.3, -0.25) is 0 Å².